The second-order valence-electron chi connectivity index (χ2n) is 7.44. The molecule has 1 aliphatic rings. The third-order valence-corrected chi connectivity index (χ3v) is 4.16. The SMILES string of the molecule is CC(C)COC(=O)C1CCCCC(C)C1C(=O)OCC(C)C. The lowest BCUT2D eigenvalue weighted by molar-refractivity contribution is -0.164. The summed E-state index contributed by atoms with van der Waals surface area (Å²) in [4.78, 5) is 24.9. The highest BCUT2D eigenvalue weighted by molar-refractivity contribution is 5.82. The van der Waals surface area contributed by atoms with Crippen LogP contribution in [0.25, 0.3) is 0 Å². The number of esters is 2. The van der Waals surface area contributed by atoms with Crippen molar-refractivity contribution in [2.24, 2.45) is 29.6 Å². The van der Waals surface area contributed by atoms with Gasteiger partial charge in [-0.2, -0.15) is 0 Å². The minimum Gasteiger partial charge on any atom is -0.465 e. The highest BCUT2D eigenvalue weighted by atomic mass is 16.5. The standard InChI is InChI=1S/C18H32O4/c1-12(2)10-21-17(19)15-9-7-6-8-14(5)16(15)18(20)22-11-13(3)4/h12-16H,6-11H2,1-5H3. The minimum absolute atomic E-state index is 0.166. The highest BCUT2D eigenvalue weighted by Gasteiger charge is 2.40. The number of carbonyl (C=O) groups is 2. The van der Waals surface area contributed by atoms with Crippen LogP contribution < -0.4 is 0 Å². The molecule has 1 aliphatic carbocycles. The van der Waals surface area contributed by atoms with Gasteiger partial charge in [-0.1, -0.05) is 47.5 Å². The van der Waals surface area contributed by atoms with Gasteiger partial charge in [-0.15, -0.1) is 0 Å². The zero-order valence-electron chi connectivity index (χ0n) is 14.8. The molecular formula is C18H32O4. The van der Waals surface area contributed by atoms with Gasteiger partial charge < -0.3 is 9.47 Å². The zero-order chi connectivity index (χ0) is 16.7. The molecule has 4 nitrogen and oxygen atoms in total. The lowest BCUT2D eigenvalue weighted by atomic mass is 9.81. The van der Waals surface area contributed by atoms with E-state index in [0.29, 0.717) is 25.0 Å². The predicted octanol–water partition coefficient (Wildman–Crippen LogP) is 3.83. The maximum absolute atomic E-state index is 12.5. The molecule has 0 aliphatic heterocycles. The van der Waals surface area contributed by atoms with E-state index in [2.05, 4.69) is 6.92 Å². The molecule has 0 aromatic rings. The van der Waals surface area contributed by atoms with E-state index >= 15 is 0 Å². The van der Waals surface area contributed by atoms with Crippen LogP contribution in [0.15, 0.2) is 0 Å². The van der Waals surface area contributed by atoms with E-state index < -0.39 is 0 Å². The Kier molecular flexibility index (Phi) is 7.91. The molecule has 1 saturated carbocycles. The molecule has 22 heavy (non-hydrogen) atoms. The number of hydrogen-bond donors (Lipinski definition) is 0. The van der Waals surface area contributed by atoms with Crippen molar-refractivity contribution < 1.29 is 19.1 Å². The predicted molar refractivity (Wildman–Crippen MR) is 86.2 cm³/mol. The Morgan fingerprint density at radius 1 is 0.909 bits per heavy atom. The van der Waals surface area contributed by atoms with E-state index in [1.165, 1.54) is 0 Å². The van der Waals surface area contributed by atoms with E-state index in [0.717, 1.165) is 25.7 Å². The quantitative estimate of drug-likeness (QED) is 0.552. The van der Waals surface area contributed by atoms with Gasteiger partial charge in [0.15, 0.2) is 0 Å². The average molecular weight is 312 g/mol. The van der Waals surface area contributed by atoms with Crippen LogP contribution in [-0.4, -0.2) is 25.2 Å². The summed E-state index contributed by atoms with van der Waals surface area (Å²) in [6.07, 6.45) is 3.72. The van der Waals surface area contributed by atoms with Gasteiger partial charge >= 0.3 is 11.9 Å². The van der Waals surface area contributed by atoms with Gasteiger partial charge in [-0.3, -0.25) is 9.59 Å². The molecule has 0 heterocycles. The molecule has 128 valence electrons. The van der Waals surface area contributed by atoms with Gasteiger partial charge in [-0.05, 0) is 30.6 Å². The van der Waals surface area contributed by atoms with Crippen molar-refractivity contribution >= 4 is 11.9 Å². The molecule has 0 aromatic carbocycles. The van der Waals surface area contributed by atoms with Crippen LogP contribution in [0.1, 0.15) is 60.3 Å². The first-order chi connectivity index (χ1) is 10.3. The molecule has 1 fully saturated rings. The maximum Gasteiger partial charge on any atom is 0.310 e. The number of rotatable bonds is 6. The van der Waals surface area contributed by atoms with Gasteiger partial charge in [0.2, 0.25) is 0 Å². The summed E-state index contributed by atoms with van der Waals surface area (Å²) in [6.45, 7) is 10.9. The molecule has 0 N–H and O–H groups in total. The van der Waals surface area contributed by atoms with Crippen molar-refractivity contribution in [1.29, 1.82) is 0 Å². The van der Waals surface area contributed by atoms with E-state index in [1.54, 1.807) is 0 Å². The zero-order valence-corrected chi connectivity index (χ0v) is 14.8. The van der Waals surface area contributed by atoms with Crippen LogP contribution in [0.4, 0.5) is 0 Å². The highest BCUT2D eigenvalue weighted by Crippen LogP contribution is 2.35. The molecule has 4 heteroatoms. The maximum atomic E-state index is 12.5. The summed E-state index contributed by atoms with van der Waals surface area (Å²) < 4.78 is 10.8. The molecule has 0 radical (unpaired) electrons. The molecular weight excluding hydrogens is 280 g/mol. The summed E-state index contributed by atoms with van der Waals surface area (Å²) in [5.74, 6) is -0.394. The largest absolute Gasteiger partial charge is 0.465 e. The molecule has 0 bridgehead atoms. The van der Waals surface area contributed by atoms with Crippen molar-refractivity contribution in [3.05, 3.63) is 0 Å². The van der Waals surface area contributed by atoms with Crippen LogP contribution in [0.2, 0.25) is 0 Å². The summed E-state index contributed by atoms with van der Waals surface area (Å²) in [6, 6.07) is 0. The van der Waals surface area contributed by atoms with Crippen LogP contribution in [0.3, 0.4) is 0 Å². The van der Waals surface area contributed by atoms with Crippen molar-refractivity contribution in [2.45, 2.75) is 60.3 Å². The van der Waals surface area contributed by atoms with Crippen molar-refractivity contribution in [3.8, 4) is 0 Å². The summed E-state index contributed by atoms with van der Waals surface area (Å²) in [5, 5.41) is 0. The smallest absolute Gasteiger partial charge is 0.310 e. The summed E-state index contributed by atoms with van der Waals surface area (Å²) >= 11 is 0. The summed E-state index contributed by atoms with van der Waals surface area (Å²) in [7, 11) is 0. The third kappa shape index (κ3) is 5.98. The van der Waals surface area contributed by atoms with Gasteiger partial charge in [0, 0.05) is 0 Å². The van der Waals surface area contributed by atoms with Crippen LogP contribution >= 0.6 is 0 Å². The Balaban J connectivity index is 2.78. The van der Waals surface area contributed by atoms with Crippen molar-refractivity contribution in [3.63, 3.8) is 0 Å². The minimum atomic E-state index is -0.360. The Morgan fingerprint density at radius 2 is 1.41 bits per heavy atom. The van der Waals surface area contributed by atoms with E-state index in [9.17, 15) is 9.59 Å². The fraction of sp³-hybridized carbons (Fsp3) is 0.889. The average Bonchev–Trinajstić information content (AvgIpc) is 2.63. The Bertz CT molecular complexity index is 362. The molecule has 0 saturated heterocycles. The van der Waals surface area contributed by atoms with Crippen LogP contribution in [0.5, 0.6) is 0 Å². The molecule has 1 rings (SSSR count). The second kappa shape index (κ2) is 9.16. The Morgan fingerprint density at radius 3 is 1.95 bits per heavy atom. The van der Waals surface area contributed by atoms with Crippen molar-refractivity contribution in [2.75, 3.05) is 13.2 Å². The van der Waals surface area contributed by atoms with E-state index in [-0.39, 0.29) is 29.7 Å². The monoisotopic (exact) mass is 312 g/mol. The van der Waals surface area contributed by atoms with E-state index in [4.69, 9.17) is 9.47 Å². The van der Waals surface area contributed by atoms with Gasteiger partial charge in [-0.25, -0.2) is 0 Å². The fourth-order valence-corrected chi connectivity index (χ4v) is 2.95. The lowest BCUT2D eigenvalue weighted by Gasteiger charge is -2.27. The van der Waals surface area contributed by atoms with Crippen LogP contribution in [0, 0.1) is 29.6 Å². The number of carbonyl (C=O) groups excluding carboxylic acids is 2. The summed E-state index contributed by atoms with van der Waals surface area (Å²) in [5.41, 5.74) is 0. The Labute approximate surface area is 134 Å². The normalized spacial score (nSPS) is 25.9. The van der Waals surface area contributed by atoms with Crippen LogP contribution in [-0.2, 0) is 19.1 Å². The van der Waals surface area contributed by atoms with Gasteiger partial charge in [0.05, 0.1) is 25.0 Å². The molecule has 0 spiro atoms. The molecule has 0 amide bonds. The first-order valence-electron chi connectivity index (χ1n) is 8.66. The molecule has 3 atom stereocenters. The van der Waals surface area contributed by atoms with Crippen molar-refractivity contribution in [1.82, 2.24) is 0 Å². The lowest BCUT2D eigenvalue weighted by Crippen LogP contribution is -2.36. The van der Waals surface area contributed by atoms with E-state index in [1.807, 2.05) is 27.7 Å². The number of hydrogen-bond acceptors (Lipinski definition) is 4. The van der Waals surface area contributed by atoms with Gasteiger partial charge in [0.1, 0.15) is 0 Å². The fourth-order valence-electron chi connectivity index (χ4n) is 2.95. The Hall–Kier alpha value is -1.06. The third-order valence-electron chi connectivity index (χ3n) is 4.16. The topological polar surface area (TPSA) is 52.6 Å². The first-order valence-corrected chi connectivity index (χ1v) is 8.66. The molecule has 0 aromatic heterocycles. The second-order valence-corrected chi connectivity index (χ2v) is 7.44. The molecule has 3 unspecified atom stereocenters. The first kappa shape index (κ1) is 19.0. The number of ether oxygens (including phenoxy) is 2. The van der Waals surface area contributed by atoms with Gasteiger partial charge in [0.25, 0.3) is 0 Å².